The molecule has 1 aliphatic rings. The molecule has 8 heteroatoms. The summed E-state index contributed by atoms with van der Waals surface area (Å²) in [6.07, 6.45) is 2.18. The Bertz CT molecular complexity index is 728. The van der Waals surface area contributed by atoms with Crippen LogP contribution < -0.4 is 10.6 Å². The molecule has 0 aliphatic carbocycles. The van der Waals surface area contributed by atoms with Crippen molar-refractivity contribution < 1.29 is 4.79 Å². The van der Waals surface area contributed by atoms with Gasteiger partial charge in [-0.2, -0.15) is 0 Å². The second kappa shape index (κ2) is 9.90. The zero-order valence-electron chi connectivity index (χ0n) is 14.8. The molecule has 2 heterocycles. The van der Waals surface area contributed by atoms with E-state index in [1.807, 2.05) is 31.2 Å². The molecule has 0 radical (unpaired) electrons. The van der Waals surface area contributed by atoms with Crippen molar-refractivity contribution in [2.45, 2.75) is 26.7 Å². The van der Waals surface area contributed by atoms with Gasteiger partial charge in [0.2, 0.25) is 0 Å². The van der Waals surface area contributed by atoms with Crippen LogP contribution >= 0.6 is 47.8 Å². The molecule has 2 N–H and O–H groups in total. The molecule has 1 amide bonds. The number of aromatic nitrogens is 1. The maximum absolute atomic E-state index is 12.6. The number of piperidine rings is 1. The molecule has 0 atom stereocenters. The molecular weight excluding hydrogens is 413 g/mol. The van der Waals surface area contributed by atoms with Crippen LogP contribution in [0.1, 0.15) is 35.1 Å². The molecule has 2 aromatic rings. The lowest BCUT2D eigenvalue weighted by Crippen LogP contribution is -2.42. The summed E-state index contributed by atoms with van der Waals surface area (Å²) < 4.78 is 0. The predicted molar refractivity (Wildman–Crippen MR) is 114 cm³/mol. The van der Waals surface area contributed by atoms with Crippen LogP contribution in [0.2, 0.25) is 5.02 Å². The molecule has 1 aromatic heterocycles. The second-order valence-corrected chi connectivity index (χ2v) is 8.12. The Morgan fingerprint density at radius 1 is 1.27 bits per heavy atom. The van der Waals surface area contributed by atoms with Crippen LogP contribution in [-0.4, -0.2) is 30.5 Å². The van der Waals surface area contributed by atoms with Gasteiger partial charge in [0.15, 0.2) is 0 Å². The van der Waals surface area contributed by atoms with Gasteiger partial charge in [0.05, 0.1) is 5.69 Å². The van der Waals surface area contributed by atoms with Crippen LogP contribution in [0, 0.1) is 12.3 Å². The van der Waals surface area contributed by atoms with Gasteiger partial charge in [0.1, 0.15) is 9.88 Å². The molecule has 0 bridgehead atoms. The van der Waals surface area contributed by atoms with E-state index < -0.39 is 0 Å². The fourth-order valence-corrected chi connectivity index (χ4v) is 4.02. The largest absolute Gasteiger partial charge is 0.351 e. The van der Waals surface area contributed by atoms with E-state index in [-0.39, 0.29) is 36.1 Å². The van der Waals surface area contributed by atoms with Gasteiger partial charge >= 0.3 is 0 Å². The second-order valence-electron chi connectivity index (χ2n) is 6.68. The number of amides is 1. The van der Waals surface area contributed by atoms with Crippen molar-refractivity contribution in [3.8, 4) is 10.6 Å². The maximum atomic E-state index is 12.6. The number of rotatable bonds is 4. The van der Waals surface area contributed by atoms with Gasteiger partial charge in [-0.15, -0.1) is 36.2 Å². The molecule has 1 saturated heterocycles. The minimum Gasteiger partial charge on any atom is -0.351 e. The first-order valence-electron chi connectivity index (χ1n) is 8.19. The lowest BCUT2D eigenvalue weighted by molar-refractivity contribution is 0.0925. The molecule has 1 fully saturated rings. The van der Waals surface area contributed by atoms with Crippen molar-refractivity contribution in [3.05, 3.63) is 39.9 Å². The summed E-state index contributed by atoms with van der Waals surface area (Å²) in [5.74, 6) is -0.0232. The van der Waals surface area contributed by atoms with Crippen molar-refractivity contribution in [3.63, 3.8) is 0 Å². The fourth-order valence-electron chi connectivity index (χ4n) is 2.90. The molecule has 0 unspecified atom stereocenters. The number of nitrogens with one attached hydrogen (secondary N) is 2. The van der Waals surface area contributed by atoms with Crippen molar-refractivity contribution in [1.29, 1.82) is 0 Å². The highest BCUT2D eigenvalue weighted by Crippen LogP contribution is 2.30. The molecule has 3 rings (SSSR count). The van der Waals surface area contributed by atoms with Crippen LogP contribution in [0.15, 0.2) is 24.3 Å². The van der Waals surface area contributed by atoms with Crippen LogP contribution in [0.5, 0.6) is 0 Å². The van der Waals surface area contributed by atoms with E-state index in [0.717, 1.165) is 42.2 Å². The van der Waals surface area contributed by atoms with E-state index >= 15 is 0 Å². The number of benzene rings is 1. The van der Waals surface area contributed by atoms with E-state index in [4.69, 9.17) is 11.6 Å². The monoisotopic (exact) mass is 435 g/mol. The summed E-state index contributed by atoms with van der Waals surface area (Å²) in [6, 6.07) is 7.54. The Morgan fingerprint density at radius 2 is 1.88 bits per heavy atom. The number of halogens is 3. The standard InChI is InChI=1S/C18H22ClN3OS.2ClH/c1-12-15(16(23)21-11-18(2)7-9-20-10-8-18)24-17(22-12)13-3-5-14(19)6-4-13;;/h3-6,20H,7-11H2,1-2H3,(H,21,23);2*1H. The van der Waals surface area contributed by atoms with Gasteiger partial charge in [-0.05, 0) is 50.4 Å². The van der Waals surface area contributed by atoms with Crippen LogP contribution in [0.3, 0.4) is 0 Å². The molecule has 0 saturated carbocycles. The van der Waals surface area contributed by atoms with Gasteiger partial charge in [-0.25, -0.2) is 4.98 Å². The summed E-state index contributed by atoms with van der Waals surface area (Å²) in [4.78, 5) is 17.8. The van der Waals surface area contributed by atoms with Gasteiger partial charge in [0.25, 0.3) is 5.91 Å². The van der Waals surface area contributed by atoms with Crippen LogP contribution in [0.25, 0.3) is 10.6 Å². The number of aryl methyl sites for hydroxylation is 1. The number of carbonyl (C=O) groups excluding carboxylic acids is 1. The number of carbonyl (C=O) groups is 1. The number of hydrogen-bond acceptors (Lipinski definition) is 4. The Balaban J connectivity index is 0.00000169. The van der Waals surface area contributed by atoms with Gasteiger partial charge in [-0.1, -0.05) is 30.7 Å². The number of nitrogens with zero attached hydrogens (tertiary/aromatic N) is 1. The molecule has 1 aliphatic heterocycles. The molecular formula is C18H24Cl3N3OS. The predicted octanol–water partition coefficient (Wildman–Crippen LogP) is 4.74. The SMILES string of the molecule is Cc1nc(-c2ccc(Cl)cc2)sc1C(=O)NCC1(C)CCNCC1.Cl.Cl. The fraction of sp³-hybridized carbons (Fsp3) is 0.444. The maximum Gasteiger partial charge on any atom is 0.263 e. The average molecular weight is 437 g/mol. The minimum atomic E-state index is -0.0232. The van der Waals surface area contributed by atoms with E-state index in [1.54, 1.807) is 0 Å². The summed E-state index contributed by atoms with van der Waals surface area (Å²) in [5.41, 5.74) is 1.94. The minimum absolute atomic E-state index is 0. The Labute approximate surface area is 175 Å². The topological polar surface area (TPSA) is 54.0 Å². The third kappa shape index (κ3) is 5.57. The first-order valence-corrected chi connectivity index (χ1v) is 9.39. The highest BCUT2D eigenvalue weighted by molar-refractivity contribution is 7.17. The van der Waals surface area contributed by atoms with Gasteiger partial charge in [-0.3, -0.25) is 4.79 Å². The Kier molecular flexibility index (Phi) is 8.83. The third-order valence-corrected chi connectivity index (χ3v) is 6.04. The lowest BCUT2D eigenvalue weighted by atomic mass is 9.81. The summed E-state index contributed by atoms with van der Waals surface area (Å²) in [7, 11) is 0. The first-order chi connectivity index (χ1) is 11.5. The molecule has 26 heavy (non-hydrogen) atoms. The smallest absolute Gasteiger partial charge is 0.263 e. The molecule has 0 spiro atoms. The summed E-state index contributed by atoms with van der Waals surface area (Å²) >= 11 is 7.36. The lowest BCUT2D eigenvalue weighted by Gasteiger charge is -2.34. The Morgan fingerprint density at radius 3 is 2.50 bits per heavy atom. The van der Waals surface area contributed by atoms with Crippen LogP contribution in [0.4, 0.5) is 0 Å². The van der Waals surface area contributed by atoms with E-state index in [0.29, 0.717) is 16.4 Å². The normalized spacial score (nSPS) is 15.5. The average Bonchev–Trinajstić information content (AvgIpc) is 2.96. The zero-order valence-corrected chi connectivity index (χ0v) is 18.0. The quantitative estimate of drug-likeness (QED) is 0.728. The molecule has 1 aromatic carbocycles. The molecule has 144 valence electrons. The van der Waals surface area contributed by atoms with Crippen molar-refractivity contribution in [2.75, 3.05) is 19.6 Å². The van der Waals surface area contributed by atoms with E-state index in [9.17, 15) is 4.79 Å². The van der Waals surface area contributed by atoms with Gasteiger partial charge < -0.3 is 10.6 Å². The summed E-state index contributed by atoms with van der Waals surface area (Å²) in [6.45, 7) is 6.88. The number of hydrogen-bond donors (Lipinski definition) is 2. The highest BCUT2D eigenvalue weighted by atomic mass is 35.5. The van der Waals surface area contributed by atoms with Crippen molar-refractivity contribution in [2.24, 2.45) is 5.41 Å². The third-order valence-electron chi connectivity index (χ3n) is 4.58. The highest BCUT2D eigenvalue weighted by Gasteiger charge is 2.27. The van der Waals surface area contributed by atoms with Crippen molar-refractivity contribution >= 4 is 53.7 Å². The van der Waals surface area contributed by atoms with Gasteiger partial charge in [0, 0.05) is 17.1 Å². The molecule has 4 nitrogen and oxygen atoms in total. The van der Waals surface area contributed by atoms with E-state index in [2.05, 4.69) is 22.5 Å². The number of thiazole rings is 1. The zero-order chi connectivity index (χ0) is 17.2. The summed E-state index contributed by atoms with van der Waals surface area (Å²) in [5, 5.41) is 8.01. The van der Waals surface area contributed by atoms with Crippen molar-refractivity contribution in [1.82, 2.24) is 15.6 Å². The van der Waals surface area contributed by atoms with E-state index in [1.165, 1.54) is 11.3 Å². The van der Waals surface area contributed by atoms with Crippen LogP contribution in [-0.2, 0) is 0 Å². The first kappa shape index (κ1) is 23.2. The Hall–Kier alpha value is -0.850.